The summed E-state index contributed by atoms with van der Waals surface area (Å²) in [5.41, 5.74) is 2.28. The number of allylic oxidation sites excluding steroid dienone is 4. The molecule has 192 valence electrons. The smallest absolute Gasteiger partial charge is 0.204 e. The first-order valence-corrected chi connectivity index (χ1v) is 12.1. The average molecular weight is 495 g/mol. The Labute approximate surface area is 210 Å². The zero-order valence-corrected chi connectivity index (χ0v) is 21.7. The van der Waals surface area contributed by atoms with Gasteiger partial charge in [-0.05, 0) is 53.9 Å². The van der Waals surface area contributed by atoms with Gasteiger partial charge in [-0.15, -0.1) is 0 Å². The molecular formula is C29H34O7. The van der Waals surface area contributed by atoms with Crippen LogP contribution in [0.4, 0.5) is 0 Å². The lowest BCUT2D eigenvalue weighted by Crippen LogP contribution is -2.46. The van der Waals surface area contributed by atoms with Gasteiger partial charge in [0.05, 0.1) is 18.6 Å². The lowest BCUT2D eigenvalue weighted by molar-refractivity contribution is -0.0415. The highest BCUT2D eigenvalue weighted by atomic mass is 16.5. The molecule has 3 aromatic rings. The third-order valence-corrected chi connectivity index (χ3v) is 6.85. The van der Waals surface area contributed by atoms with Gasteiger partial charge in [-0.25, -0.2) is 0 Å². The van der Waals surface area contributed by atoms with Gasteiger partial charge in [-0.1, -0.05) is 23.3 Å². The van der Waals surface area contributed by atoms with E-state index in [0.29, 0.717) is 23.3 Å². The van der Waals surface area contributed by atoms with E-state index in [2.05, 4.69) is 19.9 Å². The molecular weight excluding hydrogens is 460 g/mol. The van der Waals surface area contributed by atoms with E-state index in [0.717, 1.165) is 18.4 Å². The van der Waals surface area contributed by atoms with Crippen molar-refractivity contribution in [2.45, 2.75) is 72.0 Å². The van der Waals surface area contributed by atoms with Crippen LogP contribution in [0.2, 0.25) is 0 Å². The molecule has 0 bridgehead atoms. The molecule has 1 aliphatic heterocycles. The molecule has 2 heterocycles. The van der Waals surface area contributed by atoms with E-state index in [1.165, 1.54) is 18.7 Å². The van der Waals surface area contributed by atoms with E-state index < -0.39 is 17.1 Å². The Morgan fingerprint density at radius 1 is 1.14 bits per heavy atom. The Bertz CT molecular complexity index is 1450. The van der Waals surface area contributed by atoms with Gasteiger partial charge in [0, 0.05) is 29.7 Å². The van der Waals surface area contributed by atoms with Gasteiger partial charge in [-0.2, -0.15) is 0 Å². The number of phenolic OH excluding ortho intramolecular Hbond substituents is 2. The first-order valence-electron chi connectivity index (χ1n) is 12.1. The van der Waals surface area contributed by atoms with Crippen molar-refractivity contribution >= 4 is 21.9 Å². The molecule has 0 fully saturated rings. The number of aromatic hydroxyl groups is 2. The molecule has 0 aliphatic carbocycles. The number of hydrogen-bond acceptors (Lipinski definition) is 7. The molecule has 1 aliphatic rings. The molecule has 3 N–H and O–H groups in total. The molecule has 1 atom stereocenters. The summed E-state index contributed by atoms with van der Waals surface area (Å²) in [7, 11) is 1.44. The van der Waals surface area contributed by atoms with Crippen LogP contribution in [0, 0.1) is 0 Å². The van der Waals surface area contributed by atoms with Crippen molar-refractivity contribution in [3.05, 3.63) is 56.8 Å². The second-order valence-corrected chi connectivity index (χ2v) is 10.3. The van der Waals surface area contributed by atoms with Gasteiger partial charge in [0.15, 0.2) is 11.5 Å². The molecule has 0 saturated carbocycles. The van der Waals surface area contributed by atoms with Gasteiger partial charge in [0.25, 0.3) is 0 Å². The second kappa shape index (κ2) is 9.54. The summed E-state index contributed by atoms with van der Waals surface area (Å²) >= 11 is 0. The van der Waals surface area contributed by atoms with Crippen molar-refractivity contribution in [3.8, 4) is 23.0 Å². The van der Waals surface area contributed by atoms with E-state index in [1.54, 1.807) is 19.9 Å². The van der Waals surface area contributed by atoms with Crippen molar-refractivity contribution in [3.63, 3.8) is 0 Å². The molecule has 7 heteroatoms. The third-order valence-electron chi connectivity index (χ3n) is 6.85. The number of benzene rings is 2. The third kappa shape index (κ3) is 4.55. The van der Waals surface area contributed by atoms with Crippen LogP contribution in [0.1, 0.15) is 58.6 Å². The fourth-order valence-corrected chi connectivity index (χ4v) is 4.68. The lowest BCUT2D eigenvalue weighted by atomic mass is 9.89. The van der Waals surface area contributed by atoms with Crippen LogP contribution in [0.5, 0.6) is 23.0 Å². The maximum atomic E-state index is 13.8. The molecule has 0 radical (unpaired) electrons. The first-order chi connectivity index (χ1) is 16.9. The Morgan fingerprint density at radius 2 is 1.83 bits per heavy atom. The molecule has 4 rings (SSSR count). The summed E-state index contributed by atoms with van der Waals surface area (Å²) in [6.07, 6.45) is 5.60. The predicted octanol–water partition coefficient (Wildman–Crippen LogP) is 5.68. The highest BCUT2D eigenvalue weighted by Gasteiger charge is 2.38. The first kappa shape index (κ1) is 25.6. The summed E-state index contributed by atoms with van der Waals surface area (Å²) in [4.78, 5) is 13.8. The Kier molecular flexibility index (Phi) is 6.80. The minimum atomic E-state index is -0.862. The summed E-state index contributed by atoms with van der Waals surface area (Å²) < 4.78 is 17.4. The van der Waals surface area contributed by atoms with Crippen LogP contribution in [-0.2, 0) is 12.8 Å². The summed E-state index contributed by atoms with van der Waals surface area (Å²) in [6, 6.07) is 2.92. The van der Waals surface area contributed by atoms with E-state index in [9.17, 15) is 20.1 Å². The molecule has 36 heavy (non-hydrogen) atoms. The predicted molar refractivity (Wildman–Crippen MR) is 140 cm³/mol. The van der Waals surface area contributed by atoms with Crippen molar-refractivity contribution < 1.29 is 29.2 Å². The minimum Gasteiger partial charge on any atom is -0.507 e. The Morgan fingerprint density at radius 3 is 2.50 bits per heavy atom. The van der Waals surface area contributed by atoms with Crippen molar-refractivity contribution in [1.29, 1.82) is 0 Å². The standard InChI is InChI=1S/C29H34O7/c1-15(2)8-7-9-16(3)10-11-17-24-21(13-19(30)28(17)34-6)35-22-14-20-18(26(32)25(22)27(24)33)12-23(31)29(4,5)36-20/h8,10,13-14,23,30-32H,7,9,11-12H2,1-6H3/b16-10+. The van der Waals surface area contributed by atoms with Gasteiger partial charge in [-0.3, -0.25) is 4.79 Å². The van der Waals surface area contributed by atoms with E-state index in [1.807, 2.05) is 13.0 Å². The van der Waals surface area contributed by atoms with Crippen molar-refractivity contribution in [1.82, 2.24) is 0 Å². The van der Waals surface area contributed by atoms with Gasteiger partial charge in [0.1, 0.15) is 33.7 Å². The molecule has 0 amide bonds. The molecule has 0 saturated heterocycles. The van der Waals surface area contributed by atoms with E-state index >= 15 is 0 Å². The SMILES string of the molecule is COc1c(O)cc2oc3cc4c(c(O)c3c(=O)c2c1C/C=C(\C)CCC=C(C)C)CC(O)C(C)(C)O4. The highest BCUT2D eigenvalue weighted by molar-refractivity contribution is 5.97. The number of phenols is 2. The Balaban J connectivity index is 1.91. The minimum absolute atomic E-state index is 0.00927. The monoisotopic (exact) mass is 494 g/mol. The van der Waals surface area contributed by atoms with Crippen LogP contribution in [0.15, 0.2) is 44.6 Å². The maximum Gasteiger partial charge on any atom is 0.204 e. The largest absolute Gasteiger partial charge is 0.507 e. The van der Waals surface area contributed by atoms with E-state index in [-0.39, 0.29) is 45.6 Å². The van der Waals surface area contributed by atoms with Crippen LogP contribution in [-0.4, -0.2) is 34.1 Å². The molecule has 7 nitrogen and oxygen atoms in total. The number of aliphatic hydroxyl groups is 1. The van der Waals surface area contributed by atoms with Gasteiger partial charge >= 0.3 is 0 Å². The van der Waals surface area contributed by atoms with Gasteiger partial charge < -0.3 is 29.2 Å². The average Bonchev–Trinajstić information content (AvgIpc) is 2.78. The number of methoxy groups -OCH3 is 1. The molecule has 0 spiro atoms. The van der Waals surface area contributed by atoms with Crippen molar-refractivity contribution in [2.75, 3.05) is 7.11 Å². The fraction of sp³-hybridized carbons (Fsp3) is 0.414. The van der Waals surface area contributed by atoms with Crippen LogP contribution in [0.25, 0.3) is 21.9 Å². The maximum absolute atomic E-state index is 13.8. The van der Waals surface area contributed by atoms with Crippen LogP contribution >= 0.6 is 0 Å². The number of rotatable bonds is 6. The zero-order valence-electron chi connectivity index (χ0n) is 21.7. The molecule has 2 aromatic carbocycles. The number of ether oxygens (including phenoxy) is 2. The van der Waals surface area contributed by atoms with Gasteiger partial charge in [0.2, 0.25) is 5.43 Å². The number of hydrogen-bond donors (Lipinski definition) is 3. The zero-order chi connectivity index (χ0) is 26.4. The topological polar surface area (TPSA) is 109 Å². The molecule has 1 aromatic heterocycles. The van der Waals surface area contributed by atoms with Crippen LogP contribution < -0.4 is 14.9 Å². The summed E-state index contributed by atoms with van der Waals surface area (Å²) in [6.45, 7) is 9.66. The molecule has 1 unspecified atom stereocenters. The highest BCUT2D eigenvalue weighted by Crippen LogP contribution is 2.44. The van der Waals surface area contributed by atoms with Crippen molar-refractivity contribution in [2.24, 2.45) is 0 Å². The second-order valence-electron chi connectivity index (χ2n) is 10.3. The number of fused-ring (bicyclic) bond motifs is 3. The quantitative estimate of drug-likeness (QED) is 0.299. The normalized spacial score (nSPS) is 17.1. The fourth-order valence-electron chi connectivity index (χ4n) is 4.68. The summed E-state index contributed by atoms with van der Waals surface area (Å²) in [5, 5.41) is 32.5. The van der Waals surface area contributed by atoms with Crippen LogP contribution in [0.3, 0.4) is 0 Å². The lowest BCUT2D eigenvalue weighted by Gasteiger charge is -2.37. The summed E-state index contributed by atoms with van der Waals surface area (Å²) in [5.74, 6) is 0.144. The van der Waals surface area contributed by atoms with E-state index in [4.69, 9.17) is 13.9 Å². The Hall–Kier alpha value is -3.45. The number of aliphatic hydroxyl groups excluding tert-OH is 1.